The molecular weight excluding hydrogens is 384 g/mol. The molecule has 0 unspecified atom stereocenters. The molecule has 0 spiro atoms. The van der Waals surface area contributed by atoms with Crippen LogP contribution in [-0.4, -0.2) is 53.6 Å². The van der Waals surface area contributed by atoms with E-state index in [4.69, 9.17) is 0 Å². The molecular formula is C19H24N2O4S2. The molecule has 1 aliphatic heterocycles. The summed E-state index contributed by atoms with van der Waals surface area (Å²) in [6.07, 6.45) is 1.89. The number of hydrogen-bond donors (Lipinski definition) is 0. The molecule has 1 heterocycles. The number of hydrogen-bond acceptors (Lipinski definition) is 5. The first-order valence-corrected chi connectivity index (χ1v) is 12.1. The Bertz CT molecular complexity index is 999. The summed E-state index contributed by atoms with van der Waals surface area (Å²) in [7, 11) is -6.73. The Hall–Kier alpha value is -1.90. The molecule has 2 aromatic rings. The van der Waals surface area contributed by atoms with E-state index < -0.39 is 19.9 Å². The van der Waals surface area contributed by atoms with E-state index in [1.54, 1.807) is 48.5 Å². The fourth-order valence-electron chi connectivity index (χ4n) is 3.16. The second kappa shape index (κ2) is 7.61. The number of rotatable bonds is 4. The van der Waals surface area contributed by atoms with Gasteiger partial charge < -0.3 is 4.90 Å². The average molecular weight is 409 g/mol. The van der Waals surface area contributed by atoms with Gasteiger partial charge in [0.15, 0.2) is 9.84 Å². The third-order valence-corrected chi connectivity index (χ3v) is 7.78. The minimum atomic E-state index is -3.51. The number of sulfonamides is 1. The van der Waals surface area contributed by atoms with E-state index in [1.807, 2.05) is 6.92 Å². The summed E-state index contributed by atoms with van der Waals surface area (Å²) in [5.74, 6) is 0. The van der Waals surface area contributed by atoms with Gasteiger partial charge in [-0.3, -0.25) is 0 Å². The van der Waals surface area contributed by atoms with Gasteiger partial charge in [-0.1, -0.05) is 17.7 Å². The molecule has 0 amide bonds. The molecule has 0 bridgehead atoms. The van der Waals surface area contributed by atoms with Gasteiger partial charge >= 0.3 is 0 Å². The maximum atomic E-state index is 12.9. The fraction of sp³-hybridized carbons (Fsp3) is 0.368. The van der Waals surface area contributed by atoms with E-state index >= 15 is 0 Å². The Balaban J connectivity index is 1.74. The molecule has 0 aromatic heterocycles. The largest absolute Gasteiger partial charge is 0.370 e. The maximum absolute atomic E-state index is 12.9. The van der Waals surface area contributed by atoms with E-state index in [0.717, 1.165) is 17.8 Å². The van der Waals surface area contributed by atoms with Crippen LogP contribution in [0, 0.1) is 6.92 Å². The molecule has 6 nitrogen and oxygen atoms in total. The van der Waals surface area contributed by atoms with Crippen molar-refractivity contribution in [1.29, 1.82) is 0 Å². The van der Waals surface area contributed by atoms with Gasteiger partial charge in [0.1, 0.15) is 0 Å². The summed E-state index contributed by atoms with van der Waals surface area (Å²) in [6.45, 7) is 4.06. The fourth-order valence-corrected chi connectivity index (χ4v) is 5.26. The molecule has 27 heavy (non-hydrogen) atoms. The van der Waals surface area contributed by atoms with Crippen molar-refractivity contribution in [1.82, 2.24) is 4.31 Å². The highest BCUT2D eigenvalue weighted by Gasteiger charge is 2.27. The van der Waals surface area contributed by atoms with Crippen LogP contribution in [0.4, 0.5) is 5.69 Å². The first-order valence-electron chi connectivity index (χ1n) is 8.80. The van der Waals surface area contributed by atoms with Crippen LogP contribution in [-0.2, 0) is 19.9 Å². The zero-order chi connectivity index (χ0) is 19.7. The minimum Gasteiger partial charge on any atom is -0.370 e. The highest BCUT2D eigenvalue weighted by Crippen LogP contribution is 2.22. The van der Waals surface area contributed by atoms with Gasteiger partial charge in [0.25, 0.3) is 0 Å². The van der Waals surface area contributed by atoms with Crippen molar-refractivity contribution in [3.05, 3.63) is 54.1 Å². The summed E-state index contributed by atoms with van der Waals surface area (Å²) in [6, 6.07) is 13.7. The van der Waals surface area contributed by atoms with Crippen LogP contribution in [0.1, 0.15) is 12.0 Å². The third kappa shape index (κ3) is 4.51. The molecule has 1 fully saturated rings. The second-order valence-electron chi connectivity index (χ2n) is 6.82. The van der Waals surface area contributed by atoms with Crippen molar-refractivity contribution in [2.75, 3.05) is 37.3 Å². The first kappa shape index (κ1) is 19.9. The maximum Gasteiger partial charge on any atom is 0.243 e. The summed E-state index contributed by atoms with van der Waals surface area (Å²) < 4.78 is 50.5. The van der Waals surface area contributed by atoms with Crippen LogP contribution in [0.25, 0.3) is 0 Å². The normalized spacial score (nSPS) is 16.9. The monoisotopic (exact) mass is 408 g/mol. The van der Waals surface area contributed by atoms with Gasteiger partial charge in [-0.25, -0.2) is 16.8 Å². The number of anilines is 1. The third-order valence-electron chi connectivity index (χ3n) is 4.74. The van der Waals surface area contributed by atoms with E-state index in [2.05, 4.69) is 4.90 Å². The van der Waals surface area contributed by atoms with Crippen molar-refractivity contribution >= 4 is 25.5 Å². The standard InChI is InChI=1S/C19H24N2O4S2/c1-16-4-8-19(9-5-16)27(24,25)21-13-3-12-20(14-15-21)17-6-10-18(11-7-17)26(2,22)23/h4-11H,3,12-15H2,1-2H3. The lowest BCUT2D eigenvalue weighted by Gasteiger charge is -2.23. The van der Waals surface area contributed by atoms with Crippen LogP contribution >= 0.6 is 0 Å². The van der Waals surface area contributed by atoms with Gasteiger partial charge in [0, 0.05) is 38.1 Å². The van der Waals surface area contributed by atoms with Gasteiger partial charge in [-0.2, -0.15) is 4.31 Å². The van der Waals surface area contributed by atoms with Crippen molar-refractivity contribution < 1.29 is 16.8 Å². The van der Waals surface area contributed by atoms with Crippen LogP contribution < -0.4 is 4.90 Å². The highest BCUT2D eigenvalue weighted by atomic mass is 32.2. The molecule has 0 aliphatic carbocycles. The molecule has 1 aliphatic rings. The second-order valence-corrected chi connectivity index (χ2v) is 10.8. The van der Waals surface area contributed by atoms with Gasteiger partial charge in [-0.15, -0.1) is 0 Å². The predicted molar refractivity (Wildman–Crippen MR) is 106 cm³/mol. The molecule has 3 rings (SSSR count). The van der Waals surface area contributed by atoms with Crippen LogP contribution in [0.3, 0.4) is 0 Å². The number of aryl methyl sites for hydroxylation is 1. The summed E-state index contributed by atoms with van der Waals surface area (Å²) in [4.78, 5) is 2.69. The SMILES string of the molecule is Cc1ccc(S(=O)(=O)N2CCCN(c3ccc(S(C)(=O)=O)cc3)CC2)cc1. The Morgan fingerprint density at radius 1 is 0.741 bits per heavy atom. The summed E-state index contributed by atoms with van der Waals surface area (Å²) >= 11 is 0. The molecule has 0 radical (unpaired) electrons. The predicted octanol–water partition coefficient (Wildman–Crippen LogP) is 2.30. The van der Waals surface area contributed by atoms with E-state index in [0.29, 0.717) is 31.0 Å². The molecule has 1 saturated heterocycles. The lowest BCUT2D eigenvalue weighted by molar-refractivity contribution is 0.433. The zero-order valence-electron chi connectivity index (χ0n) is 15.5. The number of benzene rings is 2. The van der Waals surface area contributed by atoms with Crippen molar-refractivity contribution in [3.63, 3.8) is 0 Å². The average Bonchev–Trinajstić information content (AvgIpc) is 2.88. The molecule has 2 aromatic carbocycles. The van der Waals surface area contributed by atoms with Crippen LogP contribution in [0.5, 0.6) is 0 Å². The van der Waals surface area contributed by atoms with Crippen LogP contribution in [0.15, 0.2) is 58.3 Å². The zero-order valence-corrected chi connectivity index (χ0v) is 17.1. The topological polar surface area (TPSA) is 74.8 Å². The van der Waals surface area contributed by atoms with Crippen molar-refractivity contribution in [2.45, 2.75) is 23.1 Å². The lowest BCUT2D eigenvalue weighted by atomic mass is 10.2. The Morgan fingerprint density at radius 3 is 1.93 bits per heavy atom. The first-order chi connectivity index (χ1) is 12.7. The van der Waals surface area contributed by atoms with Gasteiger partial charge in [-0.05, 0) is 49.7 Å². The Morgan fingerprint density at radius 2 is 1.33 bits per heavy atom. The lowest BCUT2D eigenvalue weighted by Crippen LogP contribution is -2.35. The van der Waals surface area contributed by atoms with Gasteiger partial charge in [0.05, 0.1) is 9.79 Å². The van der Waals surface area contributed by atoms with Crippen LogP contribution in [0.2, 0.25) is 0 Å². The molecule has 0 N–H and O–H groups in total. The number of sulfone groups is 1. The minimum absolute atomic E-state index is 0.282. The number of nitrogens with zero attached hydrogens (tertiary/aromatic N) is 2. The molecule has 8 heteroatoms. The summed E-state index contributed by atoms with van der Waals surface area (Å²) in [5.41, 5.74) is 1.92. The van der Waals surface area contributed by atoms with Crippen molar-refractivity contribution in [3.8, 4) is 0 Å². The van der Waals surface area contributed by atoms with E-state index in [9.17, 15) is 16.8 Å². The van der Waals surface area contributed by atoms with E-state index in [1.165, 1.54) is 10.6 Å². The molecule has 0 saturated carbocycles. The summed E-state index contributed by atoms with van der Waals surface area (Å²) in [5, 5.41) is 0. The molecule has 146 valence electrons. The van der Waals surface area contributed by atoms with Gasteiger partial charge in [0.2, 0.25) is 10.0 Å². The highest BCUT2D eigenvalue weighted by molar-refractivity contribution is 7.90. The molecule has 0 atom stereocenters. The van der Waals surface area contributed by atoms with Crippen molar-refractivity contribution in [2.24, 2.45) is 0 Å². The quantitative estimate of drug-likeness (QED) is 0.776. The van der Waals surface area contributed by atoms with E-state index in [-0.39, 0.29) is 4.90 Å². The Kier molecular flexibility index (Phi) is 5.60. The smallest absolute Gasteiger partial charge is 0.243 e. The Labute approximate surface area is 161 Å².